The average molecular weight is 252 g/mol. The molecule has 0 saturated heterocycles. The molecule has 0 fully saturated rings. The number of nitrogens with zero attached hydrogens (tertiary/aromatic N) is 3. The Morgan fingerprint density at radius 1 is 1.41 bits per heavy atom. The monoisotopic (exact) mass is 252 g/mol. The first kappa shape index (κ1) is 12.2. The molecule has 0 aliphatic heterocycles. The summed E-state index contributed by atoms with van der Waals surface area (Å²) < 4.78 is 1.65. The highest BCUT2D eigenvalue weighted by Crippen LogP contribution is 2.13. The van der Waals surface area contributed by atoms with Crippen LogP contribution in [-0.2, 0) is 19.6 Å². The molecule has 0 unspecified atom stereocenters. The zero-order valence-corrected chi connectivity index (χ0v) is 10.6. The number of aliphatic hydroxyl groups is 1. The third-order valence-corrected chi connectivity index (χ3v) is 3.41. The van der Waals surface area contributed by atoms with Crippen molar-refractivity contribution in [1.29, 1.82) is 0 Å². The van der Waals surface area contributed by atoms with Crippen molar-refractivity contribution in [3.63, 3.8) is 0 Å². The number of nitrogens with one attached hydrogen (secondary N) is 1. The molecule has 0 amide bonds. The molecule has 0 aliphatic rings. The van der Waals surface area contributed by atoms with Crippen LogP contribution >= 0.6 is 11.3 Å². The number of aromatic nitrogens is 3. The first-order valence-corrected chi connectivity index (χ1v) is 6.46. The van der Waals surface area contributed by atoms with Gasteiger partial charge >= 0.3 is 0 Å². The molecule has 0 atom stereocenters. The second-order valence-corrected chi connectivity index (χ2v) is 4.62. The fourth-order valence-corrected chi connectivity index (χ4v) is 2.38. The Bertz CT molecular complexity index is 465. The van der Waals surface area contributed by atoms with Crippen molar-refractivity contribution >= 4 is 11.3 Å². The predicted octanol–water partition coefficient (Wildman–Crippen LogP) is 0.930. The first-order chi connectivity index (χ1) is 8.29. The fourth-order valence-electron chi connectivity index (χ4n) is 1.52. The number of thiophene rings is 1. The lowest BCUT2D eigenvalue weighted by Gasteiger charge is -2.01. The minimum absolute atomic E-state index is 0.0876. The van der Waals surface area contributed by atoms with Crippen LogP contribution in [0.3, 0.4) is 0 Å². The number of hydrogen-bond donors (Lipinski definition) is 2. The lowest BCUT2D eigenvalue weighted by molar-refractivity contribution is 0.268. The number of rotatable bonds is 6. The summed E-state index contributed by atoms with van der Waals surface area (Å²) in [7, 11) is 0. The van der Waals surface area contributed by atoms with Gasteiger partial charge < -0.3 is 10.4 Å². The summed E-state index contributed by atoms with van der Waals surface area (Å²) in [5.41, 5.74) is 3.55. The molecule has 6 heteroatoms. The van der Waals surface area contributed by atoms with E-state index >= 15 is 0 Å². The predicted molar refractivity (Wildman–Crippen MR) is 66.7 cm³/mol. The minimum atomic E-state index is 0.0876. The maximum Gasteiger partial charge on any atom is 0.0964 e. The van der Waals surface area contributed by atoms with Crippen molar-refractivity contribution in [1.82, 2.24) is 20.3 Å². The van der Waals surface area contributed by atoms with Crippen LogP contribution in [0.15, 0.2) is 17.0 Å². The van der Waals surface area contributed by atoms with Gasteiger partial charge in [-0.2, -0.15) is 11.3 Å². The summed E-state index contributed by atoms with van der Waals surface area (Å²) in [6.07, 6.45) is 1.85. The fraction of sp³-hybridized carbons (Fsp3) is 0.455. The van der Waals surface area contributed by atoms with E-state index in [1.54, 1.807) is 16.0 Å². The van der Waals surface area contributed by atoms with Crippen molar-refractivity contribution < 1.29 is 5.11 Å². The maximum atomic E-state index is 8.76. The highest BCUT2D eigenvalue weighted by atomic mass is 32.1. The molecule has 2 N–H and O–H groups in total. The Hall–Kier alpha value is -1.24. The third kappa shape index (κ3) is 3.36. The third-order valence-electron chi connectivity index (χ3n) is 2.50. The van der Waals surface area contributed by atoms with Crippen molar-refractivity contribution in [2.75, 3.05) is 6.61 Å². The van der Waals surface area contributed by atoms with Crippen molar-refractivity contribution in [3.05, 3.63) is 33.8 Å². The number of aliphatic hydroxyl groups excluding tert-OH is 1. The summed E-state index contributed by atoms with van der Waals surface area (Å²) in [5.74, 6) is 0. The van der Waals surface area contributed by atoms with Crippen molar-refractivity contribution in [2.45, 2.75) is 26.6 Å². The summed E-state index contributed by atoms with van der Waals surface area (Å²) in [4.78, 5) is 0. The largest absolute Gasteiger partial charge is 0.394 e. The van der Waals surface area contributed by atoms with Gasteiger partial charge in [-0.15, -0.1) is 5.10 Å². The molecule has 2 aromatic heterocycles. The quantitative estimate of drug-likeness (QED) is 0.803. The van der Waals surface area contributed by atoms with E-state index in [1.807, 2.05) is 6.20 Å². The first-order valence-electron chi connectivity index (χ1n) is 5.52. The van der Waals surface area contributed by atoms with Crippen LogP contribution in [0.4, 0.5) is 0 Å². The van der Waals surface area contributed by atoms with Gasteiger partial charge in [-0.25, -0.2) is 4.68 Å². The molecule has 0 bridgehead atoms. The van der Waals surface area contributed by atoms with E-state index in [1.165, 1.54) is 11.1 Å². The van der Waals surface area contributed by atoms with E-state index < -0.39 is 0 Å². The zero-order valence-electron chi connectivity index (χ0n) is 9.76. The van der Waals surface area contributed by atoms with Gasteiger partial charge in [0.15, 0.2) is 0 Å². The Balaban J connectivity index is 1.80. The van der Waals surface area contributed by atoms with Crippen LogP contribution in [0.2, 0.25) is 0 Å². The van der Waals surface area contributed by atoms with Gasteiger partial charge in [0.1, 0.15) is 0 Å². The topological polar surface area (TPSA) is 63.0 Å². The van der Waals surface area contributed by atoms with Gasteiger partial charge in [0, 0.05) is 19.3 Å². The van der Waals surface area contributed by atoms with Crippen LogP contribution in [-0.4, -0.2) is 26.7 Å². The molecule has 0 aromatic carbocycles. The highest BCUT2D eigenvalue weighted by molar-refractivity contribution is 7.08. The number of aryl methyl sites for hydroxylation is 1. The smallest absolute Gasteiger partial charge is 0.0964 e. The van der Waals surface area contributed by atoms with E-state index in [4.69, 9.17) is 5.11 Å². The Labute approximate surface area is 104 Å². The molecule has 0 radical (unpaired) electrons. The van der Waals surface area contributed by atoms with Crippen LogP contribution in [0.25, 0.3) is 0 Å². The standard InChI is InChI=1S/C11H16N4OS/c1-9-7-17-8-10(9)4-12-5-11-6-15(2-3-16)14-13-11/h6-8,12,16H,2-5H2,1H3. The zero-order chi connectivity index (χ0) is 12.1. The summed E-state index contributed by atoms with van der Waals surface area (Å²) >= 11 is 1.72. The van der Waals surface area contributed by atoms with Gasteiger partial charge in [-0.05, 0) is 28.8 Å². The molecular formula is C11H16N4OS. The summed E-state index contributed by atoms with van der Waals surface area (Å²) in [5, 5.41) is 24.3. The normalized spacial score (nSPS) is 10.9. The Morgan fingerprint density at radius 3 is 3.00 bits per heavy atom. The van der Waals surface area contributed by atoms with Crippen LogP contribution < -0.4 is 5.32 Å². The van der Waals surface area contributed by atoms with Gasteiger partial charge in [-0.1, -0.05) is 5.21 Å². The van der Waals surface area contributed by atoms with Crippen molar-refractivity contribution in [3.8, 4) is 0 Å². The average Bonchev–Trinajstić information content (AvgIpc) is 2.90. The molecule has 0 saturated carbocycles. The minimum Gasteiger partial charge on any atom is -0.394 e. The van der Waals surface area contributed by atoms with E-state index in [-0.39, 0.29) is 6.61 Å². The second-order valence-electron chi connectivity index (χ2n) is 3.88. The SMILES string of the molecule is Cc1cscc1CNCc1cn(CCO)nn1. The lowest BCUT2D eigenvalue weighted by atomic mass is 10.2. The second kappa shape index (κ2) is 5.90. The van der Waals surface area contributed by atoms with E-state index in [0.717, 1.165) is 12.2 Å². The Morgan fingerprint density at radius 2 is 2.29 bits per heavy atom. The Kier molecular flexibility index (Phi) is 4.24. The number of hydrogen-bond acceptors (Lipinski definition) is 5. The molecule has 2 heterocycles. The van der Waals surface area contributed by atoms with Gasteiger partial charge in [0.05, 0.1) is 18.8 Å². The summed E-state index contributed by atoms with van der Waals surface area (Å²) in [6, 6.07) is 0. The van der Waals surface area contributed by atoms with E-state index in [2.05, 4.69) is 33.3 Å². The van der Waals surface area contributed by atoms with Crippen LogP contribution in [0.5, 0.6) is 0 Å². The molecule has 2 rings (SSSR count). The van der Waals surface area contributed by atoms with E-state index in [9.17, 15) is 0 Å². The molecule has 2 aromatic rings. The van der Waals surface area contributed by atoms with Crippen LogP contribution in [0.1, 0.15) is 16.8 Å². The van der Waals surface area contributed by atoms with Gasteiger partial charge in [0.2, 0.25) is 0 Å². The maximum absolute atomic E-state index is 8.76. The molecule has 92 valence electrons. The van der Waals surface area contributed by atoms with Crippen LogP contribution in [0, 0.1) is 6.92 Å². The van der Waals surface area contributed by atoms with E-state index in [0.29, 0.717) is 13.1 Å². The molecule has 17 heavy (non-hydrogen) atoms. The molecule has 0 spiro atoms. The highest BCUT2D eigenvalue weighted by Gasteiger charge is 2.02. The lowest BCUT2D eigenvalue weighted by Crippen LogP contribution is -2.13. The van der Waals surface area contributed by atoms with Gasteiger partial charge in [0.25, 0.3) is 0 Å². The van der Waals surface area contributed by atoms with Crippen molar-refractivity contribution in [2.24, 2.45) is 0 Å². The molecule has 0 aliphatic carbocycles. The molecular weight excluding hydrogens is 236 g/mol. The summed E-state index contributed by atoms with van der Waals surface area (Å²) in [6.45, 7) is 4.24. The molecule has 5 nitrogen and oxygen atoms in total. The van der Waals surface area contributed by atoms with Gasteiger partial charge in [-0.3, -0.25) is 0 Å².